The van der Waals surface area contributed by atoms with Gasteiger partial charge in [0.15, 0.2) is 17.5 Å². The van der Waals surface area contributed by atoms with Gasteiger partial charge in [-0.15, -0.1) is 0 Å². The number of rotatable bonds is 7. The van der Waals surface area contributed by atoms with Gasteiger partial charge >= 0.3 is 0 Å². The summed E-state index contributed by atoms with van der Waals surface area (Å²) in [6, 6.07) is 9.29. The number of aromatic nitrogens is 1. The lowest BCUT2D eigenvalue weighted by Gasteiger charge is -2.12. The van der Waals surface area contributed by atoms with E-state index in [4.69, 9.17) is 25.8 Å². The Labute approximate surface area is 157 Å². The molecule has 1 aromatic heterocycles. The van der Waals surface area contributed by atoms with Crippen LogP contribution in [0.5, 0.6) is 17.2 Å². The summed E-state index contributed by atoms with van der Waals surface area (Å²) in [5.74, 6) is 2.93. The normalized spacial score (nSPS) is 12.8. The summed E-state index contributed by atoms with van der Waals surface area (Å²) in [5, 5.41) is 6.96. The summed E-state index contributed by atoms with van der Waals surface area (Å²) >= 11 is 5.78. The van der Waals surface area contributed by atoms with Crippen molar-refractivity contribution in [1.29, 1.82) is 0 Å². The van der Waals surface area contributed by atoms with Crippen LogP contribution >= 0.6 is 11.6 Å². The fourth-order valence-electron chi connectivity index (χ4n) is 2.41. The molecule has 0 aliphatic carbocycles. The molecule has 2 aromatic rings. The minimum absolute atomic E-state index is 0.258. The first-order valence-corrected chi connectivity index (χ1v) is 8.70. The van der Waals surface area contributed by atoms with E-state index in [-0.39, 0.29) is 6.79 Å². The van der Waals surface area contributed by atoms with E-state index in [1.54, 1.807) is 19.3 Å². The average Bonchev–Trinajstić information content (AvgIpc) is 3.13. The second-order valence-corrected chi connectivity index (χ2v) is 5.92. The van der Waals surface area contributed by atoms with E-state index in [1.807, 2.05) is 24.3 Å². The Morgan fingerprint density at radius 2 is 2.04 bits per heavy atom. The summed E-state index contributed by atoms with van der Waals surface area (Å²) in [6.07, 6.45) is 2.61. The first-order chi connectivity index (χ1) is 12.7. The van der Waals surface area contributed by atoms with Crippen molar-refractivity contribution in [2.75, 3.05) is 33.5 Å². The van der Waals surface area contributed by atoms with E-state index in [0.29, 0.717) is 24.1 Å². The standard InChI is InChI=1S/C18H21ClN4O3/c1-20-18(21-7-6-13-2-5-17(19)23-11-13)22-8-9-24-14-3-4-15-16(10-14)26-12-25-15/h2-5,10-11H,6-9,12H2,1H3,(H2,20,21,22). The number of fused-ring (bicyclic) bond motifs is 1. The minimum atomic E-state index is 0.258. The first-order valence-electron chi connectivity index (χ1n) is 8.32. The van der Waals surface area contributed by atoms with Gasteiger partial charge in [0.05, 0.1) is 6.54 Å². The van der Waals surface area contributed by atoms with E-state index in [2.05, 4.69) is 20.6 Å². The molecule has 0 bridgehead atoms. The zero-order valence-electron chi connectivity index (χ0n) is 14.5. The molecule has 0 amide bonds. The number of halogens is 1. The molecule has 3 rings (SSSR count). The van der Waals surface area contributed by atoms with Crippen LogP contribution in [0.2, 0.25) is 5.15 Å². The predicted molar refractivity (Wildman–Crippen MR) is 100 cm³/mol. The van der Waals surface area contributed by atoms with Gasteiger partial charge in [-0.05, 0) is 30.2 Å². The quantitative estimate of drug-likeness (QED) is 0.334. The lowest BCUT2D eigenvalue weighted by molar-refractivity contribution is 0.173. The van der Waals surface area contributed by atoms with E-state index >= 15 is 0 Å². The number of guanidine groups is 1. The molecule has 0 saturated carbocycles. The number of ether oxygens (including phenoxy) is 3. The molecule has 2 N–H and O–H groups in total. The van der Waals surface area contributed by atoms with E-state index in [0.717, 1.165) is 36.0 Å². The lowest BCUT2D eigenvalue weighted by atomic mass is 10.2. The lowest BCUT2D eigenvalue weighted by Crippen LogP contribution is -2.40. The maximum atomic E-state index is 5.78. The minimum Gasteiger partial charge on any atom is -0.492 e. The Balaban J connectivity index is 1.34. The summed E-state index contributed by atoms with van der Waals surface area (Å²) < 4.78 is 16.3. The van der Waals surface area contributed by atoms with Crippen LogP contribution in [0, 0.1) is 0 Å². The zero-order valence-corrected chi connectivity index (χ0v) is 15.3. The third-order valence-electron chi connectivity index (χ3n) is 3.73. The number of hydrogen-bond acceptors (Lipinski definition) is 5. The number of aliphatic imine (C=N–C) groups is 1. The average molecular weight is 377 g/mol. The molecule has 8 heteroatoms. The molecule has 1 aromatic carbocycles. The van der Waals surface area contributed by atoms with Gasteiger partial charge in [-0.3, -0.25) is 4.99 Å². The van der Waals surface area contributed by atoms with E-state index in [1.165, 1.54) is 0 Å². The summed E-state index contributed by atoms with van der Waals surface area (Å²) in [5.41, 5.74) is 1.11. The van der Waals surface area contributed by atoms with E-state index < -0.39 is 0 Å². The molecular formula is C18H21ClN4O3. The Hall–Kier alpha value is -2.67. The van der Waals surface area contributed by atoms with Crippen molar-refractivity contribution in [2.24, 2.45) is 4.99 Å². The van der Waals surface area contributed by atoms with Crippen LogP contribution in [0.4, 0.5) is 0 Å². The fraction of sp³-hybridized carbons (Fsp3) is 0.333. The SMILES string of the molecule is CN=C(NCCOc1ccc2c(c1)OCO2)NCCc1ccc(Cl)nc1. The topological polar surface area (TPSA) is 77.0 Å². The van der Waals surface area contributed by atoms with E-state index in [9.17, 15) is 0 Å². The van der Waals surface area contributed by atoms with Gasteiger partial charge < -0.3 is 24.8 Å². The molecule has 1 aliphatic heterocycles. The third-order valence-corrected chi connectivity index (χ3v) is 3.95. The highest BCUT2D eigenvalue weighted by atomic mass is 35.5. The van der Waals surface area contributed by atoms with Crippen molar-refractivity contribution in [3.05, 3.63) is 47.2 Å². The molecule has 138 valence electrons. The van der Waals surface area contributed by atoms with Crippen LogP contribution in [0.3, 0.4) is 0 Å². The second kappa shape index (κ2) is 9.15. The summed E-state index contributed by atoms with van der Waals surface area (Å²) in [4.78, 5) is 8.26. The van der Waals surface area contributed by atoms with Crippen LogP contribution in [-0.4, -0.2) is 44.5 Å². The second-order valence-electron chi connectivity index (χ2n) is 5.53. The van der Waals surface area contributed by atoms with Crippen LogP contribution < -0.4 is 24.8 Å². The van der Waals surface area contributed by atoms with Crippen LogP contribution in [0.15, 0.2) is 41.5 Å². The maximum absolute atomic E-state index is 5.78. The Bertz CT molecular complexity index is 753. The summed E-state index contributed by atoms with van der Waals surface area (Å²) in [6.45, 7) is 2.12. The van der Waals surface area contributed by atoms with Crippen molar-refractivity contribution in [3.8, 4) is 17.2 Å². The predicted octanol–water partition coefficient (Wildman–Crippen LogP) is 2.25. The number of nitrogens with one attached hydrogen (secondary N) is 2. The highest BCUT2D eigenvalue weighted by Crippen LogP contribution is 2.34. The monoisotopic (exact) mass is 376 g/mol. The maximum Gasteiger partial charge on any atom is 0.231 e. The van der Waals surface area contributed by atoms with Gasteiger partial charge in [0.2, 0.25) is 6.79 Å². The first kappa shape index (κ1) is 18.1. The molecule has 0 unspecified atom stereocenters. The van der Waals surface area contributed by atoms with Gasteiger partial charge in [-0.1, -0.05) is 17.7 Å². The molecule has 0 radical (unpaired) electrons. The van der Waals surface area contributed by atoms with Crippen molar-refractivity contribution >= 4 is 17.6 Å². The highest BCUT2D eigenvalue weighted by molar-refractivity contribution is 6.29. The molecule has 0 fully saturated rings. The Kier molecular flexibility index (Phi) is 6.38. The van der Waals surface area contributed by atoms with Crippen LogP contribution in [0.1, 0.15) is 5.56 Å². The Morgan fingerprint density at radius 3 is 2.85 bits per heavy atom. The number of nitrogens with zero attached hydrogens (tertiary/aromatic N) is 2. The van der Waals surface area contributed by atoms with Gasteiger partial charge in [-0.2, -0.15) is 0 Å². The molecule has 7 nitrogen and oxygen atoms in total. The van der Waals surface area contributed by atoms with Gasteiger partial charge in [-0.25, -0.2) is 4.98 Å². The van der Waals surface area contributed by atoms with Crippen molar-refractivity contribution in [3.63, 3.8) is 0 Å². The van der Waals surface area contributed by atoms with Crippen LogP contribution in [-0.2, 0) is 6.42 Å². The number of pyridine rings is 1. The largest absolute Gasteiger partial charge is 0.492 e. The fourth-order valence-corrected chi connectivity index (χ4v) is 2.52. The van der Waals surface area contributed by atoms with Gasteiger partial charge in [0.1, 0.15) is 17.5 Å². The van der Waals surface area contributed by atoms with Crippen molar-refractivity contribution < 1.29 is 14.2 Å². The van der Waals surface area contributed by atoms with Gasteiger partial charge in [0, 0.05) is 25.9 Å². The third kappa shape index (κ3) is 5.16. The molecular weight excluding hydrogens is 356 g/mol. The zero-order chi connectivity index (χ0) is 18.2. The number of hydrogen-bond donors (Lipinski definition) is 2. The molecule has 2 heterocycles. The van der Waals surface area contributed by atoms with Crippen molar-refractivity contribution in [1.82, 2.24) is 15.6 Å². The Morgan fingerprint density at radius 1 is 1.19 bits per heavy atom. The van der Waals surface area contributed by atoms with Crippen LogP contribution in [0.25, 0.3) is 0 Å². The van der Waals surface area contributed by atoms with Crippen molar-refractivity contribution in [2.45, 2.75) is 6.42 Å². The highest BCUT2D eigenvalue weighted by Gasteiger charge is 2.13. The molecule has 1 aliphatic rings. The smallest absolute Gasteiger partial charge is 0.231 e. The molecule has 0 spiro atoms. The number of benzene rings is 1. The molecule has 26 heavy (non-hydrogen) atoms. The molecule has 0 atom stereocenters. The molecule has 0 saturated heterocycles. The summed E-state index contributed by atoms with van der Waals surface area (Å²) in [7, 11) is 1.73. The van der Waals surface area contributed by atoms with Gasteiger partial charge in [0.25, 0.3) is 0 Å².